The fourth-order valence-electron chi connectivity index (χ4n) is 4.59. The highest BCUT2D eigenvalue weighted by atomic mass is 19.2. The fraction of sp³-hybridized carbons (Fsp3) is 0.357. The zero-order chi connectivity index (χ0) is 23.5. The van der Waals surface area contributed by atoms with Crippen molar-refractivity contribution in [2.75, 3.05) is 0 Å². The third-order valence-electron chi connectivity index (χ3n) is 6.52. The number of hydrogen-bond donors (Lipinski definition) is 0. The number of halogens is 5. The van der Waals surface area contributed by atoms with Gasteiger partial charge in [0.25, 0.3) is 0 Å². The number of benzene rings is 3. The molecule has 5 heteroatoms. The molecule has 1 fully saturated rings. The normalized spacial score (nSPS) is 18.2. The van der Waals surface area contributed by atoms with Gasteiger partial charge in [-0.1, -0.05) is 43.4 Å². The summed E-state index contributed by atoms with van der Waals surface area (Å²) >= 11 is 0. The van der Waals surface area contributed by atoms with Crippen molar-refractivity contribution in [3.05, 3.63) is 82.2 Å². The Balaban J connectivity index is 1.44. The Morgan fingerprint density at radius 2 is 1.52 bits per heavy atom. The molecule has 3 aromatic carbocycles. The van der Waals surface area contributed by atoms with E-state index in [2.05, 4.69) is 11.8 Å². The van der Waals surface area contributed by atoms with Gasteiger partial charge in [0.15, 0.2) is 17.5 Å². The van der Waals surface area contributed by atoms with Gasteiger partial charge in [0.1, 0.15) is 11.6 Å². The molecule has 1 aliphatic rings. The van der Waals surface area contributed by atoms with Crippen LogP contribution in [0.3, 0.4) is 0 Å². The lowest BCUT2D eigenvalue weighted by Gasteiger charge is -2.26. The molecule has 33 heavy (non-hydrogen) atoms. The molecule has 0 aliphatic heterocycles. The molecule has 0 amide bonds. The maximum absolute atomic E-state index is 14.4. The van der Waals surface area contributed by atoms with Crippen molar-refractivity contribution in [2.24, 2.45) is 5.92 Å². The number of aryl methyl sites for hydroxylation is 1. The van der Waals surface area contributed by atoms with Crippen LogP contribution in [-0.4, -0.2) is 0 Å². The van der Waals surface area contributed by atoms with E-state index in [1.54, 1.807) is 12.1 Å². The van der Waals surface area contributed by atoms with Gasteiger partial charge in [0.2, 0.25) is 0 Å². The van der Waals surface area contributed by atoms with Crippen LogP contribution in [0.25, 0.3) is 10.8 Å². The number of unbranched alkanes of at least 4 members (excludes halogenated alkanes) is 1. The summed E-state index contributed by atoms with van der Waals surface area (Å²) in [6.07, 6.45) is 5.62. The van der Waals surface area contributed by atoms with Crippen LogP contribution >= 0.6 is 0 Å². The minimum atomic E-state index is -1.46. The Kier molecular flexibility index (Phi) is 7.02. The Hall–Kier alpha value is -2.87. The molecule has 4 rings (SSSR count). The molecule has 1 saturated carbocycles. The average molecular weight is 456 g/mol. The van der Waals surface area contributed by atoms with Crippen LogP contribution in [0.1, 0.15) is 68.1 Å². The molecule has 3 aromatic rings. The highest BCUT2D eigenvalue weighted by molar-refractivity contribution is 5.84. The van der Waals surface area contributed by atoms with Crippen molar-refractivity contribution >= 4 is 10.8 Å². The molecule has 1 aliphatic carbocycles. The molecule has 0 unspecified atom stereocenters. The highest BCUT2D eigenvalue weighted by Gasteiger charge is 2.22. The van der Waals surface area contributed by atoms with Crippen molar-refractivity contribution in [2.45, 2.75) is 57.8 Å². The lowest BCUT2D eigenvalue weighted by Crippen LogP contribution is -2.12. The summed E-state index contributed by atoms with van der Waals surface area (Å²) in [5.74, 6) is 0.902. The van der Waals surface area contributed by atoms with E-state index < -0.39 is 29.1 Å². The predicted octanol–water partition coefficient (Wildman–Crippen LogP) is 8.20. The first-order valence-electron chi connectivity index (χ1n) is 11.4. The van der Waals surface area contributed by atoms with E-state index in [4.69, 9.17) is 0 Å². The van der Waals surface area contributed by atoms with E-state index >= 15 is 0 Å². The van der Waals surface area contributed by atoms with Crippen molar-refractivity contribution in [3.63, 3.8) is 0 Å². The van der Waals surface area contributed by atoms with Crippen LogP contribution in [-0.2, 0) is 6.42 Å². The third-order valence-corrected chi connectivity index (χ3v) is 6.52. The first-order valence-corrected chi connectivity index (χ1v) is 11.4. The van der Waals surface area contributed by atoms with Crippen molar-refractivity contribution in [1.29, 1.82) is 0 Å². The first kappa shape index (κ1) is 23.3. The van der Waals surface area contributed by atoms with Gasteiger partial charge in [-0.2, -0.15) is 0 Å². The molecule has 0 saturated heterocycles. The second kappa shape index (κ2) is 9.95. The minimum absolute atomic E-state index is 0.0317. The van der Waals surface area contributed by atoms with E-state index in [0.29, 0.717) is 17.4 Å². The zero-order valence-electron chi connectivity index (χ0n) is 18.5. The van der Waals surface area contributed by atoms with Gasteiger partial charge in [0, 0.05) is 11.3 Å². The zero-order valence-corrected chi connectivity index (χ0v) is 18.5. The van der Waals surface area contributed by atoms with E-state index in [9.17, 15) is 22.0 Å². The fourth-order valence-corrected chi connectivity index (χ4v) is 4.59. The molecule has 0 nitrogen and oxygen atoms in total. The largest absolute Gasteiger partial charge is 0.206 e. The topological polar surface area (TPSA) is 0 Å². The maximum atomic E-state index is 14.4. The molecule has 0 aromatic heterocycles. The minimum Gasteiger partial charge on any atom is -0.206 e. The van der Waals surface area contributed by atoms with Gasteiger partial charge in [-0.3, -0.25) is 0 Å². The first-order chi connectivity index (χ1) is 15.9. The number of hydrogen-bond acceptors (Lipinski definition) is 0. The standard InChI is InChI=1S/C28H25F5/c1-2-3-4-18-13-24(29)23(25(30)14-18)11-7-17-5-8-19(9-6-17)20-10-12-22-21(15-20)16-26(31)28(33)27(22)32/h10,12-17,19H,2-6,8-9H2,1H3. The average Bonchev–Trinajstić information content (AvgIpc) is 2.81. The Labute approximate surface area is 190 Å². The van der Waals surface area contributed by atoms with Gasteiger partial charge in [0.05, 0.1) is 5.56 Å². The van der Waals surface area contributed by atoms with Crippen LogP contribution in [0.15, 0.2) is 36.4 Å². The highest BCUT2D eigenvalue weighted by Crippen LogP contribution is 2.37. The molecular weight excluding hydrogens is 431 g/mol. The molecule has 0 N–H and O–H groups in total. The van der Waals surface area contributed by atoms with E-state index in [1.807, 2.05) is 6.92 Å². The summed E-state index contributed by atoms with van der Waals surface area (Å²) in [6.45, 7) is 2.03. The SMILES string of the molecule is CCCCc1cc(F)c(C#CC2CCC(c3ccc4c(F)c(F)c(F)cc4c3)CC2)c(F)c1. The maximum Gasteiger partial charge on any atom is 0.195 e. The second-order valence-corrected chi connectivity index (χ2v) is 8.82. The summed E-state index contributed by atoms with van der Waals surface area (Å²) in [4.78, 5) is 0. The van der Waals surface area contributed by atoms with Crippen LogP contribution in [0, 0.1) is 46.8 Å². The predicted molar refractivity (Wildman–Crippen MR) is 120 cm³/mol. The molecular formula is C28H25F5. The van der Waals surface area contributed by atoms with E-state index in [-0.39, 0.29) is 22.8 Å². The Bertz CT molecular complexity index is 1200. The molecule has 0 heterocycles. The van der Waals surface area contributed by atoms with Gasteiger partial charge in [-0.05, 0) is 79.2 Å². The molecule has 0 bridgehead atoms. The van der Waals surface area contributed by atoms with Crippen LogP contribution in [0.5, 0.6) is 0 Å². The lowest BCUT2D eigenvalue weighted by molar-refractivity contribution is 0.385. The summed E-state index contributed by atoms with van der Waals surface area (Å²) in [5.41, 5.74) is 1.41. The Morgan fingerprint density at radius 1 is 0.818 bits per heavy atom. The van der Waals surface area contributed by atoms with Crippen molar-refractivity contribution in [3.8, 4) is 11.8 Å². The second-order valence-electron chi connectivity index (χ2n) is 8.82. The van der Waals surface area contributed by atoms with Crippen molar-refractivity contribution < 1.29 is 22.0 Å². The number of fused-ring (bicyclic) bond motifs is 1. The van der Waals surface area contributed by atoms with Gasteiger partial charge >= 0.3 is 0 Å². The monoisotopic (exact) mass is 456 g/mol. The van der Waals surface area contributed by atoms with Gasteiger partial charge in [-0.15, -0.1) is 0 Å². The van der Waals surface area contributed by atoms with Crippen LogP contribution < -0.4 is 0 Å². The quantitative estimate of drug-likeness (QED) is 0.211. The van der Waals surface area contributed by atoms with E-state index in [0.717, 1.165) is 50.2 Å². The number of rotatable bonds is 4. The van der Waals surface area contributed by atoms with Gasteiger partial charge < -0.3 is 0 Å². The lowest BCUT2D eigenvalue weighted by atomic mass is 9.78. The summed E-state index contributed by atoms with van der Waals surface area (Å²) in [5, 5.41) is 0.390. The summed E-state index contributed by atoms with van der Waals surface area (Å²) in [6, 6.07) is 8.72. The van der Waals surface area contributed by atoms with Crippen molar-refractivity contribution in [1.82, 2.24) is 0 Å². The van der Waals surface area contributed by atoms with E-state index in [1.165, 1.54) is 18.2 Å². The smallest absolute Gasteiger partial charge is 0.195 e. The summed E-state index contributed by atoms with van der Waals surface area (Å²) < 4.78 is 69.8. The molecule has 172 valence electrons. The van der Waals surface area contributed by atoms with Crippen LogP contribution in [0.4, 0.5) is 22.0 Å². The third kappa shape index (κ3) is 5.05. The molecule has 0 radical (unpaired) electrons. The van der Waals surface area contributed by atoms with Gasteiger partial charge in [-0.25, -0.2) is 22.0 Å². The summed E-state index contributed by atoms with van der Waals surface area (Å²) in [7, 11) is 0. The molecule has 0 atom stereocenters. The van der Waals surface area contributed by atoms with Crippen LogP contribution in [0.2, 0.25) is 0 Å². The Morgan fingerprint density at radius 3 is 2.18 bits per heavy atom. The molecule has 0 spiro atoms.